The number of esters is 1. The van der Waals surface area contributed by atoms with E-state index in [0.717, 1.165) is 5.56 Å². The fraction of sp³-hybridized carbons (Fsp3) is 0.125. The van der Waals surface area contributed by atoms with Crippen molar-refractivity contribution < 1.29 is 28.7 Å². The normalized spacial score (nSPS) is 13.4. The smallest absolute Gasteiger partial charge is 0.344 e. The predicted molar refractivity (Wildman–Crippen MR) is 117 cm³/mol. The highest BCUT2D eigenvalue weighted by molar-refractivity contribution is 6.07. The van der Waals surface area contributed by atoms with Gasteiger partial charge in [0.2, 0.25) is 0 Å². The highest BCUT2D eigenvalue weighted by Crippen LogP contribution is 2.41. The largest absolute Gasteiger partial charge is 0.497 e. The van der Waals surface area contributed by atoms with Crippen LogP contribution in [0.4, 0.5) is 5.69 Å². The first-order chi connectivity index (χ1) is 15.5. The third-order valence-electron chi connectivity index (χ3n) is 4.93. The van der Waals surface area contributed by atoms with E-state index >= 15 is 0 Å². The van der Waals surface area contributed by atoms with E-state index in [9.17, 15) is 14.9 Å². The van der Waals surface area contributed by atoms with Crippen LogP contribution in [0.1, 0.15) is 27.0 Å². The van der Waals surface area contributed by atoms with Gasteiger partial charge in [0.15, 0.2) is 0 Å². The van der Waals surface area contributed by atoms with Gasteiger partial charge in [-0.25, -0.2) is 4.79 Å². The molecular weight excluding hydrogens is 414 g/mol. The number of nitro benzene ring substituents is 1. The van der Waals surface area contributed by atoms with Gasteiger partial charge < -0.3 is 18.9 Å². The number of hydrogen-bond donors (Lipinski definition) is 0. The molecule has 1 aliphatic rings. The average molecular weight is 433 g/mol. The van der Waals surface area contributed by atoms with Crippen LogP contribution in [0.15, 0.2) is 60.7 Å². The standard InChI is InChI=1S/C24H19NO7/c1-29-18-12-19-23(21(13-18)30-2)22(32-24(19)26)11-16-10-17(8-9-20(16)25(27)28)31-14-15-6-4-3-5-7-15/h3-13H,14H2,1-2H3/b22-11+. The van der Waals surface area contributed by atoms with Crippen LogP contribution in [0.2, 0.25) is 0 Å². The molecule has 32 heavy (non-hydrogen) atoms. The minimum absolute atomic E-state index is 0.146. The number of nitro groups is 1. The lowest BCUT2D eigenvalue weighted by molar-refractivity contribution is -0.385. The Kier molecular flexibility index (Phi) is 5.76. The summed E-state index contributed by atoms with van der Waals surface area (Å²) in [6.07, 6.45) is 1.44. The Labute approximate surface area is 183 Å². The summed E-state index contributed by atoms with van der Waals surface area (Å²) in [4.78, 5) is 23.5. The molecule has 0 atom stereocenters. The van der Waals surface area contributed by atoms with Crippen LogP contribution in [0.25, 0.3) is 11.8 Å². The zero-order chi connectivity index (χ0) is 22.7. The van der Waals surface area contributed by atoms with Gasteiger partial charge in [-0.05, 0) is 29.8 Å². The molecule has 1 heterocycles. The van der Waals surface area contributed by atoms with Crippen LogP contribution in [0, 0.1) is 10.1 Å². The second-order valence-electron chi connectivity index (χ2n) is 6.90. The minimum atomic E-state index is -0.595. The average Bonchev–Trinajstić information content (AvgIpc) is 3.12. The molecule has 8 heteroatoms. The van der Waals surface area contributed by atoms with Gasteiger partial charge in [-0.15, -0.1) is 0 Å². The molecule has 0 saturated heterocycles. The molecule has 0 unspecified atom stereocenters. The van der Waals surface area contributed by atoms with Crippen molar-refractivity contribution in [3.05, 3.63) is 93.0 Å². The third kappa shape index (κ3) is 4.11. The topological polar surface area (TPSA) is 97.1 Å². The number of carbonyl (C=O) groups excluding carboxylic acids is 1. The van der Waals surface area contributed by atoms with E-state index in [4.69, 9.17) is 18.9 Å². The van der Waals surface area contributed by atoms with E-state index in [-0.39, 0.29) is 22.6 Å². The number of benzene rings is 3. The van der Waals surface area contributed by atoms with Gasteiger partial charge in [-0.3, -0.25) is 10.1 Å². The summed E-state index contributed by atoms with van der Waals surface area (Å²) in [5, 5.41) is 11.6. The number of hydrogen-bond acceptors (Lipinski definition) is 7. The monoisotopic (exact) mass is 433 g/mol. The van der Waals surface area contributed by atoms with Crippen LogP contribution < -0.4 is 14.2 Å². The molecule has 0 radical (unpaired) electrons. The molecule has 8 nitrogen and oxygen atoms in total. The zero-order valence-corrected chi connectivity index (χ0v) is 17.4. The van der Waals surface area contributed by atoms with E-state index in [1.54, 1.807) is 6.07 Å². The first-order valence-electron chi connectivity index (χ1n) is 9.65. The molecular formula is C24H19NO7. The van der Waals surface area contributed by atoms with Gasteiger partial charge in [0.25, 0.3) is 5.69 Å². The van der Waals surface area contributed by atoms with Gasteiger partial charge in [0.1, 0.15) is 29.6 Å². The molecule has 1 aliphatic heterocycles. The highest BCUT2D eigenvalue weighted by Gasteiger charge is 2.32. The van der Waals surface area contributed by atoms with Crippen LogP contribution in [0.3, 0.4) is 0 Å². The third-order valence-corrected chi connectivity index (χ3v) is 4.93. The molecule has 0 N–H and O–H groups in total. The van der Waals surface area contributed by atoms with E-state index in [0.29, 0.717) is 29.4 Å². The lowest BCUT2D eigenvalue weighted by Gasteiger charge is -2.10. The Morgan fingerprint density at radius 3 is 2.47 bits per heavy atom. The maximum Gasteiger partial charge on any atom is 0.344 e. The number of fused-ring (bicyclic) bond motifs is 1. The molecule has 3 aromatic carbocycles. The number of ether oxygens (including phenoxy) is 4. The second kappa shape index (κ2) is 8.81. The van der Waals surface area contributed by atoms with Crippen molar-refractivity contribution in [3.8, 4) is 17.2 Å². The quantitative estimate of drug-likeness (QED) is 0.298. The molecule has 0 aliphatic carbocycles. The Morgan fingerprint density at radius 1 is 1.00 bits per heavy atom. The van der Waals surface area contributed by atoms with Crippen molar-refractivity contribution in [1.29, 1.82) is 0 Å². The summed E-state index contributed by atoms with van der Waals surface area (Å²) < 4.78 is 21.8. The van der Waals surface area contributed by atoms with Crippen molar-refractivity contribution in [2.24, 2.45) is 0 Å². The van der Waals surface area contributed by atoms with Crippen molar-refractivity contribution in [3.63, 3.8) is 0 Å². The van der Waals surface area contributed by atoms with Gasteiger partial charge in [-0.2, -0.15) is 0 Å². The Bertz CT molecular complexity index is 1220. The van der Waals surface area contributed by atoms with Crippen LogP contribution in [-0.2, 0) is 11.3 Å². The van der Waals surface area contributed by atoms with Gasteiger partial charge in [0, 0.05) is 12.1 Å². The van der Waals surface area contributed by atoms with E-state index in [1.165, 1.54) is 44.6 Å². The van der Waals surface area contributed by atoms with Crippen molar-refractivity contribution in [2.45, 2.75) is 6.61 Å². The Morgan fingerprint density at radius 2 is 1.78 bits per heavy atom. The van der Waals surface area contributed by atoms with Crippen molar-refractivity contribution in [1.82, 2.24) is 0 Å². The zero-order valence-electron chi connectivity index (χ0n) is 17.4. The summed E-state index contributed by atoms with van der Waals surface area (Å²) in [5.74, 6) is 0.782. The summed E-state index contributed by atoms with van der Waals surface area (Å²) in [6.45, 7) is 0.306. The van der Waals surface area contributed by atoms with Crippen molar-refractivity contribution in [2.75, 3.05) is 14.2 Å². The van der Waals surface area contributed by atoms with Gasteiger partial charge >= 0.3 is 5.97 Å². The Hall–Kier alpha value is -4.33. The summed E-state index contributed by atoms with van der Waals surface area (Å²) in [7, 11) is 2.93. The maximum atomic E-state index is 12.4. The van der Waals surface area contributed by atoms with Crippen LogP contribution in [0.5, 0.6) is 17.2 Å². The number of rotatable bonds is 7. The van der Waals surface area contributed by atoms with Gasteiger partial charge in [-0.1, -0.05) is 30.3 Å². The first kappa shape index (κ1) is 20.9. The lowest BCUT2D eigenvalue weighted by Crippen LogP contribution is -1.98. The Balaban J connectivity index is 1.73. The highest BCUT2D eigenvalue weighted by atomic mass is 16.6. The lowest BCUT2D eigenvalue weighted by atomic mass is 10.0. The SMILES string of the molecule is COc1cc(OC)c2c(c1)C(=O)O/C2=C/c1cc(OCc2ccccc2)ccc1[N+](=O)[O-]. The molecule has 162 valence electrons. The number of methoxy groups -OCH3 is 2. The molecule has 0 fully saturated rings. The second-order valence-corrected chi connectivity index (χ2v) is 6.90. The van der Waals surface area contributed by atoms with E-state index in [2.05, 4.69) is 0 Å². The van der Waals surface area contributed by atoms with E-state index in [1.807, 2.05) is 30.3 Å². The molecule has 0 amide bonds. The fourth-order valence-electron chi connectivity index (χ4n) is 3.38. The molecule has 3 aromatic rings. The summed E-state index contributed by atoms with van der Waals surface area (Å²) in [5.41, 5.74) is 1.70. The van der Waals surface area contributed by atoms with E-state index < -0.39 is 10.9 Å². The molecule has 0 spiro atoms. The number of carbonyl (C=O) groups is 1. The summed E-state index contributed by atoms with van der Waals surface area (Å²) in [6, 6.07) is 17.1. The molecule has 0 bridgehead atoms. The van der Waals surface area contributed by atoms with Crippen LogP contribution in [-0.4, -0.2) is 25.1 Å². The fourth-order valence-corrected chi connectivity index (χ4v) is 3.38. The van der Waals surface area contributed by atoms with Crippen LogP contribution >= 0.6 is 0 Å². The first-order valence-corrected chi connectivity index (χ1v) is 9.65. The molecule has 4 rings (SSSR count). The summed E-state index contributed by atoms with van der Waals surface area (Å²) >= 11 is 0. The maximum absolute atomic E-state index is 12.4. The minimum Gasteiger partial charge on any atom is -0.497 e. The predicted octanol–water partition coefficient (Wildman–Crippen LogP) is 4.86. The van der Waals surface area contributed by atoms with Gasteiger partial charge in [0.05, 0.1) is 35.8 Å². The molecule has 0 saturated carbocycles. The molecule has 0 aromatic heterocycles. The number of cyclic esters (lactones) is 1. The van der Waals surface area contributed by atoms with Crippen molar-refractivity contribution >= 4 is 23.5 Å². The number of nitrogens with zero attached hydrogens (tertiary/aromatic N) is 1.